The maximum atomic E-state index is 6.03. The van der Waals surface area contributed by atoms with Gasteiger partial charge in [0, 0.05) is 32.4 Å². The van der Waals surface area contributed by atoms with Gasteiger partial charge in [-0.1, -0.05) is 18.5 Å². The molecular formula is C13H22ClN3O. The highest BCUT2D eigenvalue weighted by Crippen LogP contribution is 2.22. The predicted octanol–water partition coefficient (Wildman–Crippen LogP) is 2.45. The smallest absolute Gasteiger partial charge is 0.129 e. The first kappa shape index (κ1) is 15.2. The summed E-state index contributed by atoms with van der Waals surface area (Å²) in [5.74, 6) is 0.909. The van der Waals surface area contributed by atoms with Crippen LogP contribution in [0.25, 0.3) is 0 Å². The summed E-state index contributed by atoms with van der Waals surface area (Å²) >= 11 is 6.03. The Hall–Kier alpha value is -0.840. The fourth-order valence-electron chi connectivity index (χ4n) is 1.75. The minimum Gasteiger partial charge on any atom is -0.383 e. The molecule has 102 valence electrons. The van der Waals surface area contributed by atoms with Crippen molar-refractivity contribution in [3.63, 3.8) is 0 Å². The summed E-state index contributed by atoms with van der Waals surface area (Å²) in [6.45, 7) is 6.24. The fraction of sp³-hybridized carbons (Fsp3) is 0.615. The van der Waals surface area contributed by atoms with Gasteiger partial charge in [0.1, 0.15) is 5.82 Å². The molecule has 0 radical (unpaired) electrons. The number of anilines is 1. The molecule has 1 aromatic heterocycles. The van der Waals surface area contributed by atoms with Crippen molar-refractivity contribution in [1.29, 1.82) is 0 Å². The van der Waals surface area contributed by atoms with E-state index in [1.807, 2.05) is 6.07 Å². The van der Waals surface area contributed by atoms with Crippen molar-refractivity contribution >= 4 is 17.4 Å². The first-order chi connectivity index (χ1) is 8.63. The molecule has 0 saturated heterocycles. The average molecular weight is 272 g/mol. The Labute approximate surface area is 114 Å². The van der Waals surface area contributed by atoms with Crippen molar-refractivity contribution in [1.82, 2.24) is 4.98 Å². The van der Waals surface area contributed by atoms with Crippen LogP contribution >= 0.6 is 11.6 Å². The summed E-state index contributed by atoms with van der Waals surface area (Å²) in [6, 6.07) is 2.36. The second-order valence-electron chi connectivity index (χ2n) is 4.28. The molecule has 1 aromatic rings. The maximum Gasteiger partial charge on any atom is 0.129 e. The van der Waals surface area contributed by atoms with Gasteiger partial charge in [0.15, 0.2) is 0 Å². The molecule has 0 fully saturated rings. The van der Waals surface area contributed by atoms with Crippen LogP contribution in [0.3, 0.4) is 0 Å². The molecule has 1 atom stereocenters. The van der Waals surface area contributed by atoms with Crippen LogP contribution in [0.15, 0.2) is 12.3 Å². The lowest BCUT2D eigenvalue weighted by atomic mass is 10.2. The highest BCUT2D eigenvalue weighted by atomic mass is 35.5. The molecule has 1 unspecified atom stereocenters. The minimum absolute atomic E-state index is 0.402. The van der Waals surface area contributed by atoms with Crippen molar-refractivity contribution in [2.24, 2.45) is 5.73 Å². The van der Waals surface area contributed by atoms with Crippen LogP contribution in [0.2, 0.25) is 5.02 Å². The van der Waals surface area contributed by atoms with Crippen LogP contribution in [-0.4, -0.2) is 31.3 Å². The molecule has 0 aliphatic heterocycles. The quantitative estimate of drug-likeness (QED) is 0.828. The molecule has 0 aliphatic rings. The van der Waals surface area contributed by atoms with Gasteiger partial charge in [0.05, 0.1) is 11.6 Å². The van der Waals surface area contributed by atoms with Crippen LogP contribution < -0.4 is 10.6 Å². The number of methoxy groups -OCH3 is 1. The number of hydrogen-bond donors (Lipinski definition) is 1. The second kappa shape index (κ2) is 7.56. The lowest BCUT2D eigenvalue weighted by Gasteiger charge is -2.29. The Morgan fingerprint density at radius 2 is 2.28 bits per heavy atom. The van der Waals surface area contributed by atoms with E-state index in [2.05, 4.69) is 23.7 Å². The maximum absolute atomic E-state index is 6.03. The van der Waals surface area contributed by atoms with Crippen molar-refractivity contribution in [2.75, 3.05) is 25.2 Å². The predicted molar refractivity (Wildman–Crippen MR) is 76.1 cm³/mol. The van der Waals surface area contributed by atoms with Gasteiger partial charge in [-0.05, 0) is 25.0 Å². The highest BCUT2D eigenvalue weighted by Gasteiger charge is 2.15. The van der Waals surface area contributed by atoms with E-state index in [0.29, 0.717) is 24.2 Å². The van der Waals surface area contributed by atoms with E-state index in [4.69, 9.17) is 22.1 Å². The Morgan fingerprint density at radius 3 is 2.83 bits per heavy atom. The molecule has 18 heavy (non-hydrogen) atoms. The summed E-state index contributed by atoms with van der Waals surface area (Å²) < 4.78 is 5.15. The van der Waals surface area contributed by atoms with E-state index < -0.39 is 0 Å². The molecule has 0 saturated carbocycles. The molecule has 0 aliphatic carbocycles. The van der Waals surface area contributed by atoms with Crippen LogP contribution in [0.4, 0.5) is 5.82 Å². The number of aromatic nitrogens is 1. The highest BCUT2D eigenvalue weighted by molar-refractivity contribution is 6.31. The van der Waals surface area contributed by atoms with Crippen molar-refractivity contribution < 1.29 is 4.74 Å². The standard InChI is InChI=1S/C13H22ClN3O/c1-4-10(2)17(5-6-18-3)13-7-11(8-15)12(14)9-16-13/h7,9-10H,4-6,8,15H2,1-3H3. The number of pyridine rings is 1. The van der Waals surface area contributed by atoms with Gasteiger partial charge in [0.25, 0.3) is 0 Å². The SMILES string of the molecule is CCC(C)N(CCOC)c1cc(CN)c(Cl)cn1. The van der Waals surface area contributed by atoms with Crippen LogP contribution in [0, 0.1) is 0 Å². The molecule has 0 bridgehead atoms. The Morgan fingerprint density at radius 1 is 1.56 bits per heavy atom. The molecule has 4 nitrogen and oxygen atoms in total. The molecule has 1 heterocycles. The van der Waals surface area contributed by atoms with Crippen molar-refractivity contribution in [2.45, 2.75) is 32.9 Å². The molecule has 1 rings (SSSR count). The van der Waals surface area contributed by atoms with Gasteiger partial charge in [-0.3, -0.25) is 0 Å². The van der Waals surface area contributed by atoms with Gasteiger partial charge in [-0.2, -0.15) is 0 Å². The lowest BCUT2D eigenvalue weighted by molar-refractivity contribution is 0.203. The number of ether oxygens (including phenoxy) is 1. The Kier molecular flexibility index (Phi) is 6.39. The van der Waals surface area contributed by atoms with E-state index in [1.165, 1.54) is 0 Å². The zero-order valence-electron chi connectivity index (χ0n) is 11.3. The monoisotopic (exact) mass is 271 g/mol. The second-order valence-corrected chi connectivity index (χ2v) is 4.69. The summed E-state index contributed by atoms with van der Waals surface area (Å²) in [4.78, 5) is 6.61. The topological polar surface area (TPSA) is 51.4 Å². The largest absolute Gasteiger partial charge is 0.383 e. The zero-order chi connectivity index (χ0) is 13.5. The van der Waals surface area contributed by atoms with E-state index in [-0.39, 0.29) is 0 Å². The molecule has 0 aromatic carbocycles. The van der Waals surface area contributed by atoms with Crippen molar-refractivity contribution in [3.05, 3.63) is 22.8 Å². The zero-order valence-corrected chi connectivity index (χ0v) is 12.1. The summed E-state index contributed by atoms with van der Waals surface area (Å²) in [7, 11) is 1.70. The normalized spacial score (nSPS) is 12.5. The van der Waals surface area contributed by atoms with E-state index in [1.54, 1.807) is 13.3 Å². The summed E-state index contributed by atoms with van der Waals surface area (Å²) in [6.07, 6.45) is 2.72. The number of nitrogens with zero attached hydrogens (tertiary/aromatic N) is 2. The lowest BCUT2D eigenvalue weighted by Crippen LogP contribution is -2.36. The van der Waals surface area contributed by atoms with E-state index in [9.17, 15) is 0 Å². The summed E-state index contributed by atoms with van der Waals surface area (Å²) in [5.41, 5.74) is 6.60. The van der Waals surface area contributed by atoms with Crippen LogP contribution in [0.1, 0.15) is 25.8 Å². The van der Waals surface area contributed by atoms with Gasteiger partial charge < -0.3 is 15.4 Å². The van der Waals surface area contributed by atoms with Gasteiger partial charge in [-0.15, -0.1) is 0 Å². The first-order valence-electron chi connectivity index (χ1n) is 6.24. The number of hydrogen-bond acceptors (Lipinski definition) is 4. The number of nitrogens with two attached hydrogens (primary N) is 1. The molecular weight excluding hydrogens is 250 g/mol. The third kappa shape index (κ3) is 3.83. The van der Waals surface area contributed by atoms with Gasteiger partial charge >= 0.3 is 0 Å². The molecule has 0 amide bonds. The van der Waals surface area contributed by atoms with Crippen LogP contribution in [0.5, 0.6) is 0 Å². The molecule has 0 spiro atoms. The van der Waals surface area contributed by atoms with Gasteiger partial charge in [-0.25, -0.2) is 4.98 Å². The third-order valence-electron chi connectivity index (χ3n) is 3.09. The van der Waals surface area contributed by atoms with Gasteiger partial charge in [0.2, 0.25) is 0 Å². The Bertz CT molecular complexity index is 373. The molecule has 2 N–H and O–H groups in total. The number of rotatable bonds is 7. The fourth-order valence-corrected chi connectivity index (χ4v) is 1.93. The Balaban J connectivity index is 2.96. The first-order valence-corrected chi connectivity index (χ1v) is 6.61. The minimum atomic E-state index is 0.402. The van der Waals surface area contributed by atoms with E-state index >= 15 is 0 Å². The third-order valence-corrected chi connectivity index (χ3v) is 3.43. The molecule has 5 heteroatoms. The summed E-state index contributed by atoms with van der Waals surface area (Å²) in [5, 5.41) is 0.622. The van der Waals surface area contributed by atoms with E-state index in [0.717, 1.165) is 24.3 Å². The van der Waals surface area contributed by atoms with Crippen LogP contribution in [-0.2, 0) is 11.3 Å². The van der Waals surface area contributed by atoms with Crippen molar-refractivity contribution in [3.8, 4) is 0 Å². The number of halogens is 1. The average Bonchev–Trinajstić information content (AvgIpc) is 2.40.